The van der Waals surface area contributed by atoms with Crippen molar-refractivity contribution in [3.8, 4) is 16.9 Å². The number of aryl methyl sites for hydroxylation is 1. The summed E-state index contributed by atoms with van der Waals surface area (Å²) in [5.41, 5.74) is 5.55. The van der Waals surface area contributed by atoms with E-state index in [2.05, 4.69) is 60.3 Å². The summed E-state index contributed by atoms with van der Waals surface area (Å²) in [4.78, 5) is 13.6. The van der Waals surface area contributed by atoms with Crippen LogP contribution >= 0.6 is 0 Å². The summed E-state index contributed by atoms with van der Waals surface area (Å²) < 4.78 is 6.25. The minimum atomic E-state index is -0.0368. The van der Waals surface area contributed by atoms with Crippen LogP contribution in [0.3, 0.4) is 0 Å². The number of aromatic nitrogens is 2. The molecule has 1 aromatic carbocycles. The first-order chi connectivity index (χ1) is 13.4. The average Bonchev–Trinajstić information content (AvgIpc) is 3.08. The van der Waals surface area contributed by atoms with E-state index in [9.17, 15) is 0 Å². The van der Waals surface area contributed by atoms with Gasteiger partial charge < -0.3 is 10.1 Å². The van der Waals surface area contributed by atoms with Gasteiger partial charge in [-0.15, -0.1) is 0 Å². The summed E-state index contributed by atoms with van der Waals surface area (Å²) in [5, 5.41) is 3.20. The smallest absolute Gasteiger partial charge is 0.137 e. The second-order valence-corrected chi connectivity index (χ2v) is 8.65. The first kappa shape index (κ1) is 17.4. The molecule has 1 saturated carbocycles. The SMILES string of the molecule is CNc1ncnc(C)c1-c1ccc2c(c1)[C@]1(C)[C@](C)(CO2)[C@@]1(C)C1=CCC=N1. The van der Waals surface area contributed by atoms with Crippen LogP contribution in [0, 0.1) is 17.8 Å². The number of hydrogen-bond donors (Lipinski definition) is 1. The Balaban J connectivity index is 1.70. The number of aliphatic imine (C=N–C) groups is 1. The summed E-state index contributed by atoms with van der Waals surface area (Å²) in [6, 6.07) is 6.50. The highest BCUT2D eigenvalue weighted by Crippen LogP contribution is 2.83. The maximum absolute atomic E-state index is 6.25. The minimum Gasteiger partial charge on any atom is -0.493 e. The Labute approximate surface area is 166 Å². The van der Waals surface area contributed by atoms with Crippen LogP contribution in [-0.4, -0.2) is 29.8 Å². The second kappa shape index (κ2) is 5.43. The van der Waals surface area contributed by atoms with E-state index in [1.54, 1.807) is 6.33 Å². The summed E-state index contributed by atoms with van der Waals surface area (Å²) in [5.74, 6) is 1.83. The Bertz CT molecular complexity index is 1060. The molecule has 5 nitrogen and oxygen atoms in total. The highest BCUT2D eigenvalue weighted by atomic mass is 16.5. The molecule has 0 unspecified atom stereocenters. The minimum absolute atomic E-state index is 0.0210. The molecule has 0 spiro atoms. The zero-order valence-corrected chi connectivity index (χ0v) is 17.1. The lowest BCUT2D eigenvalue weighted by Gasteiger charge is -2.28. The van der Waals surface area contributed by atoms with E-state index in [0.717, 1.165) is 34.8 Å². The van der Waals surface area contributed by atoms with E-state index in [0.29, 0.717) is 6.61 Å². The molecule has 5 heteroatoms. The van der Waals surface area contributed by atoms with Crippen molar-refractivity contribution in [2.45, 2.75) is 39.5 Å². The van der Waals surface area contributed by atoms with Crippen molar-refractivity contribution in [2.24, 2.45) is 15.8 Å². The van der Waals surface area contributed by atoms with Crippen LogP contribution in [0.5, 0.6) is 5.75 Å². The number of nitrogens with zero attached hydrogens (tertiary/aromatic N) is 3. The fourth-order valence-electron chi connectivity index (χ4n) is 5.74. The van der Waals surface area contributed by atoms with Gasteiger partial charge in [0.05, 0.1) is 12.3 Å². The summed E-state index contributed by atoms with van der Waals surface area (Å²) in [6.45, 7) is 9.81. The van der Waals surface area contributed by atoms with Crippen LogP contribution in [0.2, 0.25) is 0 Å². The summed E-state index contributed by atoms with van der Waals surface area (Å²) in [7, 11) is 1.90. The third kappa shape index (κ3) is 1.80. The molecule has 1 aromatic heterocycles. The normalized spacial score (nSPS) is 32.2. The summed E-state index contributed by atoms with van der Waals surface area (Å²) >= 11 is 0. The monoisotopic (exact) mass is 374 g/mol. The molecule has 0 bridgehead atoms. The van der Waals surface area contributed by atoms with Gasteiger partial charge in [0.1, 0.15) is 17.9 Å². The van der Waals surface area contributed by atoms with Gasteiger partial charge >= 0.3 is 0 Å². The molecule has 0 radical (unpaired) electrons. The number of allylic oxidation sites excluding steroid dienone is 2. The number of fused-ring (bicyclic) bond motifs is 3. The number of nitrogens with one attached hydrogen (secondary N) is 1. The number of benzene rings is 1. The summed E-state index contributed by atoms with van der Waals surface area (Å²) in [6.07, 6.45) is 6.82. The predicted octanol–water partition coefficient (Wildman–Crippen LogP) is 4.53. The van der Waals surface area contributed by atoms with E-state index in [-0.39, 0.29) is 16.2 Å². The van der Waals surface area contributed by atoms with Gasteiger partial charge in [-0.1, -0.05) is 32.9 Å². The average molecular weight is 374 g/mol. The quantitative estimate of drug-likeness (QED) is 0.858. The van der Waals surface area contributed by atoms with Crippen molar-refractivity contribution in [1.29, 1.82) is 0 Å². The van der Waals surface area contributed by atoms with Gasteiger partial charge in [0.25, 0.3) is 0 Å². The molecule has 1 aliphatic carbocycles. The molecule has 0 amide bonds. The predicted molar refractivity (Wildman–Crippen MR) is 112 cm³/mol. The second-order valence-electron chi connectivity index (χ2n) is 8.65. The molecule has 3 atom stereocenters. The molecule has 5 rings (SSSR count). The Hall–Kier alpha value is -2.69. The first-order valence-corrected chi connectivity index (χ1v) is 9.88. The van der Waals surface area contributed by atoms with Crippen molar-refractivity contribution >= 4 is 12.0 Å². The highest BCUT2D eigenvalue weighted by molar-refractivity contribution is 5.79. The van der Waals surface area contributed by atoms with E-state index in [1.165, 1.54) is 11.3 Å². The van der Waals surface area contributed by atoms with Gasteiger partial charge in [-0.25, -0.2) is 9.97 Å². The number of anilines is 1. The number of rotatable bonds is 3. The molecular formula is C23H26N4O. The molecule has 1 fully saturated rings. The van der Waals surface area contributed by atoms with Gasteiger partial charge in [-0.3, -0.25) is 4.99 Å². The van der Waals surface area contributed by atoms with Crippen LogP contribution in [0.4, 0.5) is 5.82 Å². The maximum Gasteiger partial charge on any atom is 0.137 e. The van der Waals surface area contributed by atoms with Gasteiger partial charge in [0, 0.05) is 52.8 Å². The molecule has 28 heavy (non-hydrogen) atoms. The van der Waals surface area contributed by atoms with Gasteiger partial charge in [-0.05, 0) is 24.6 Å². The molecule has 0 saturated heterocycles. The fraction of sp³-hybridized carbons (Fsp3) is 0.435. The number of hydrogen-bond acceptors (Lipinski definition) is 5. The van der Waals surface area contributed by atoms with Crippen molar-refractivity contribution < 1.29 is 4.74 Å². The zero-order valence-electron chi connectivity index (χ0n) is 17.1. The third-order valence-electron chi connectivity index (χ3n) is 7.90. The molecule has 2 aromatic rings. The van der Waals surface area contributed by atoms with Crippen LogP contribution in [-0.2, 0) is 5.41 Å². The largest absolute Gasteiger partial charge is 0.493 e. The third-order valence-corrected chi connectivity index (χ3v) is 7.90. The van der Waals surface area contributed by atoms with Gasteiger partial charge in [0.15, 0.2) is 0 Å². The molecule has 3 heterocycles. The first-order valence-electron chi connectivity index (χ1n) is 9.88. The van der Waals surface area contributed by atoms with Crippen molar-refractivity contribution in [3.05, 3.63) is 47.6 Å². The lowest BCUT2D eigenvalue weighted by atomic mass is 9.83. The van der Waals surface area contributed by atoms with Gasteiger partial charge in [0.2, 0.25) is 0 Å². The van der Waals surface area contributed by atoms with Gasteiger partial charge in [-0.2, -0.15) is 0 Å². The molecule has 2 aliphatic heterocycles. The lowest BCUT2D eigenvalue weighted by molar-refractivity contribution is 0.193. The van der Waals surface area contributed by atoms with Crippen molar-refractivity contribution in [2.75, 3.05) is 19.0 Å². The molecule has 144 valence electrons. The Morgan fingerprint density at radius 2 is 1.93 bits per heavy atom. The Morgan fingerprint density at radius 1 is 1.11 bits per heavy atom. The van der Waals surface area contributed by atoms with Crippen LogP contribution in [0.15, 0.2) is 41.3 Å². The zero-order chi connectivity index (χ0) is 19.7. The molecule has 1 N–H and O–H groups in total. The molecular weight excluding hydrogens is 348 g/mol. The van der Waals surface area contributed by atoms with E-state index < -0.39 is 0 Å². The maximum atomic E-state index is 6.25. The van der Waals surface area contributed by atoms with E-state index in [1.807, 2.05) is 20.2 Å². The Kier molecular flexibility index (Phi) is 3.38. The Morgan fingerprint density at radius 3 is 2.64 bits per heavy atom. The van der Waals surface area contributed by atoms with Crippen LogP contribution in [0.25, 0.3) is 11.1 Å². The standard InChI is InChI=1S/C23H26N4O/c1-14-19(20(24-5)27-13-26-14)15-8-9-17-16(11-15)22(3)21(2,12-28-17)23(22,4)18-7-6-10-25-18/h7-11,13H,6,12H2,1-5H3,(H,24,26,27)/t21-,22+,23+/m0/s1. The van der Waals surface area contributed by atoms with E-state index in [4.69, 9.17) is 9.73 Å². The lowest BCUT2D eigenvalue weighted by Crippen LogP contribution is -2.25. The number of ether oxygens (including phenoxy) is 1. The van der Waals surface area contributed by atoms with Crippen LogP contribution < -0.4 is 10.1 Å². The van der Waals surface area contributed by atoms with Crippen LogP contribution in [0.1, 0.15) is 38.4 Å². The van der Waals surface area contributed by atoms with Crippen molar-refractivity contribution in [3.63, 3.8) is 0 Å². The highest BCUT2D eigenvalue weighted by Gasteiger charge is 2.83. The topological polar surface area (TPSA) is 59.4 Å². The fourth-order valence-corrected chi connectivity index (χ4v) is 5.74. The molecule has 3 aliphatic rings. The van der Waals surface area contributed by atoms with E-state index >= 15 is 0 Å². The van der Waals surface area contributed by atoms with Crippen molar-refractivity contribution in [1.82, 2.24) is 9.97 Å².